The summed E-state index contributed by atoms with van der Waals surface area (Å²) in [6.45, 7) is 43.5. The first-order valence-electron chi connectivity index (χ1n) is 33.3. The minimum Gasteiger partial charge on any atom is -0.370 e. The van der Waals surface area contributed by atoms with Crippen molar-refractivity contribution in [3.05, 3.63) is 332 Å². The zero-order valence-electron chi connectivity index (χ0n) is 56.7. The van der Waals surface area contributed by atoms with Crippen LogP contribution < -0.4 is 9.80 Å². The molecule has 0 atom stereocenters. The molecule has 0 spiro atoms. The average Bonchev–Trinajstić information content (AvgIpc) is 1.69. The van der Waals surface area contributed by atoms with Gasteiger partial charge in [0.2, 0.25) is 5.69 Å². The van der Waals surface area contributed by atoms with Crippen LogP contribution in [-0.4, -0.2) is 29.1 Å². The van der Waals surface area contributed by atoms with Crippen molar-refractivity contribution in [2.24, 2.45) is 0 Å². The minimum atomic E-state index is -0.0773. The van der Waals surface area contributed by atoms with E-state index in [4.69, 9.17) is 36.3 Å². The van der Waals surface area contributed by atoms with E-state index in [0.29, 0.717) is 17.1 Å². The third-order valence-electron chi connectivity index (χ3n) is 19.7. The molecule has 9 heterocycles. The number of hydrogen-bond acceptors (Lipinski definition) is 10. The van der Waals surface area contributed by atoms with Gasteiger partial charge < -0.3 is 28.6 Å². The van der Waals surface area contributed by atoms with Crippen molar-refractivity contribution in [1.82, 2.24) is 29.1 Å². The molecule has 18 rings (SSSR count). The standard InChI is InChI=1S/C40H21N9S.C27H22N2S.C20H16N2S/c1-23-28(20-41)46-29(21-44-23)37-35(48-31-16-8-4-12-24(31)25-13-5-9-17-32(25)48)36(38(50-37)30-22-45-39(42-2)40(43-3)47-30)49-33-18-10-6-14-26(33)27-15-7-11-19-34(27)49;1-18-10-9-11-19(25(18)28-4)20-16-17-30-26(20)29-23-14-7-5-12-21(23)27(2,3)22-13-6-8-15-24(22)29;1-20(2)14-8-4-6-10-16(14)22(17-11-7-5-9-15(17)20)18-12-13-23-19(18)21-3/h4-19,21-22H,1H3;5-17H,1-3H3;4-13H,1-2H3. The Labute approximate surface area is 607 Å². The number of para-hydroxylation sites is 9. The number of aryl methyl sites for hydroxylation is 2. The number of nitriles is 1. The van der Waals surface area contributed by atoms with E-state index >= 15 is 0 Å². The number of hydrogen-bond donors (Lipinski definition) is 0. The van der Waals surface area contributed by atoms with Crippen LogP contribution in [0, 0.1) is 51.5 Å². The summed E-state index contributed by atoms with van der Waals surface area (Å²) in [7, 11) is 0. The molecule has 0 fully saturated rings. The van der Waals surface area contributed by atoms with E-state index in [1.807, 2.05) is 79.0 Å². The Morgan fingerprint density at radius 3 is 1.32 bits per heavy atom. The van der Waals surface area contributed by atoms with Crippen LogP contribution in [0.1, 0.15) is 66.9 Å². The number of benzene rings is 9. The summed E-state index contributed by atoms with van der Waals surface area (Å²) in [6.07, 6.45) is 3.27. The largest absolute Gasteiger partial charge is 0.370 e. The van der Waals surface area contributed by atoms with Crippen molar-refractivity contribution in [3.8, 4) is 49.7 Å². The van der Waals surface area contributed by atoms with E-state index in [9.17, 15) is 5.26 Å². The topological polar surface area (TPSA) is 109 Å². The predicted molar refractivity (Wildman–Crippen MR) is 422 cm³/mol. The molecule has 0 aliphatic carbocycles. The van der Waals surface area contributed by atoms with E-state index in [1.54, 1.807) is 30.7 Å². The van der Waals surface area contributed by atoms with Crippen LogP contribution in [0.25, 0.3) is 107 Å². The average molecular weight is 1380 g/mol. The molecule has 0 radical (unpaired) electrons. The Hall–Kier alpha value is -13.1. The Morgan fingerprint density at radius 2 is 0.854 bits per heavy atom. The Kier molecular flexibility index (Phi) is 16.2. The highest BCUT2D eigenvalue weighted by Gasteiger charge is 2.40. The fraction of sp³-hybridized carbons (Fsp3) is 0.0920. The van der Waals surface area contributed by atoms with Gasteiger partial charge in [-0.3, -0.25) is 4.98 Å². The number of fused-ring (bicyclic) bond motifs is 10. The lowest BCUT2D eigenvalue weighted by Gasteiger charge is -2.41. The zero-order valence-corrected chi connectivity index (χ0v) is 59.2. The monoisotopic (exact) mass is 1380 g/mol. The van der Waals surface area contributed by atoms with Crippen molar-refractivity contribution in [2.45, 2.75) is 52.4 Å². The normalized spacial score (nSPS) is 12.8. The molecule has 0 saturated heterocycles. The summed E-state index contributed by atoms with van der Waals surface area (Å²) in [6, 6.07) is 80.1. The fourth-order valence-corrected chi connectivity index (χ4v) is 17.7. The molecule has 13 nitrogen and oxygen atoms in total. The summed E-state index contributed by atoms with van der Waals surface area (Å²) < 4.78 is 4.50. The van der Waals surface area contributed by atoms with Crippen LogP contribution in [0.4, 0.5) is 55.8 Å². The lowest BCUT2D eigenvalue weighted by molar-refractivity contribution is 0.632. The quantitative estimate of drug-likeness (QED) is 0.146. The lowest BCUT2D eigenvalue weighted by atomic mass is 9.73. The van der Waals surface area contributed by atoms with E-state index in [-0.39, 0.29) is 28.2 Å². The maximum Gasteiger partial charge on any atom is 0.294 e. The van der Waals surface area contributed by atoms with E-state index in [1.165, 1.54) is 67.7 Å². The summed E-state index contributed by atoms with van der Waals surface area (Å²) >= 11 is 4.67. The number of nitrogens with zero attached hydrogens (tertiary/aromatic N) is 13. The van der Waals surface area contributed by atoms with Gasteiger partial charge in [-0.15, -0.1) is 32.6 Å². The lowest BCUT2D eigenvalue weighted by Crippen LogP contribution is -2.30. The molecule has 2 aliphatic rings. The van der Waals surface area contributed by atoms with Crippen LogP contribution in [0.5, 0.6) is 0 Å². The third-order valence-corrected chi connectivity index (χ3v) is 22.6. The number of thiophene rings is 3. The smallest absolute Gasteiger partial charge is 0.294 e. The van der Waals surface area contributed by atoms with Gasteiger partial charge in [0, 0.05) is 49.3 Å². The maximum atomic E-state index is 10.0. The maximum absolute atomic E-state index is 10.0. The number of rotatable bonds is 7. The Morgan fingerprint density at radius 1 is 0.417 bits per heavy atom. The van der Waals surface area contributed by atoms with Crippen molar-refractivity contribution in [3.63, 3.8) is 0 Å². The van der Waals surface area contributed by atoms with E-state index in [0.717, 1.165) is 103 Å². The molecule has 16 aromatic rings. The van der Waals surface area contributed by atoms with Crippen molar-refractivity contribution in [1.29, 1.82) is 5.26 Å². The molecule has 0 N–H and O–H groups in total. The van der Waals surface area contributed by atoms with Crippen molar-refractivity contribution in [2.75, 3.05) is 9.80 Å². The van der Waals surface area contributed by atoms with Gasteiger partial charge in [-0.05, 0) is 119 Å². The van der Waals surface area contributed by atoms with Gasteiger partial charge in [-0.2, -0.15) is 16.6 Å². The Balaban J connectivity index is 0.000000131. The highest BCUT2D eigenvalue weighted by Crippen LogP contribution is 2.58. The van der Waals surface area contributed by atoms with Gasteiger partial charge in [0.25, 0.3) is 16.6 Å². The SMILES string of the molecule is [C-]#[N+]c1c(C)cccc1-c1ccsc1N1c2ccccc2C(C)(C)c2ccccc21.[C-]#[N+]c1ncc(-c2sc(-c3cnc(C)c(C#N)n3)c(-n3c4ccccc4c4ccccc43)c2-n2c3ccccc3c3ccccc32)nc1[N+]#[C-].[C-]#[N+]c1sccc1N1c2ccccc2C(C)(C)c2ccccc21. The number of anilines is 6. The second kappa shape index (κ2) is 25.9. The second-order valence-corrected chi connectivity index (χ2v) is 28.9. The molecule has 0 amide bonds. The van der Waals surface area contributed by atoms with Gasteiger partial charge in [0.1, 0.15) is 21.6 Å². The molecule has 103 heavy (non-hydrogen) atoms. The van der Waals surface area contributed by atoms with Gasteiger partial charge in [-0.25, -0.2) is 14.7 Å². The summed E-state index contributed by atoms with van der Waals surface area (Å²) in [5, 5.41) is 20.4. The molecule has 9 aromatic carbocycles. The van der Waals surface area contributed by atoms with Crippen LogP contribution in [0.3, 0.4) is 0 Å². The summed E-state index contributed by atoms with van der Waals surface area (Å²) in [5.74, 6) is -0.120. The number of aromatic nitrogens is 6. The first-order valence-corrected chi connectivity index (χ1v) is 35.9. The zero-order chi connectivity index (χ0) is 70.8. The molecule has 2 aliphatic heterocycles. The molecule has 7 aromatic heterocycles. The predicted octanol–water partition coefficient (Wildman–Crippen LogP) is 24.9. The highest BCUT2D eigenvalue weighted by molar-refractivity contribution is 7.20. The van der Waals surface area contributed by atoms with Crippen LogP contribution in [0.15, 0.2) is 248 Å². The van der Waals surface area contributed by atoms with E-state index in [2.05, 4.69) is 245 Å². The molecule has 0 bridgehead atoms. The first kappa shape index (κ1) is 64.6. The molecule has 16 heteroatoms. The van der Waals surface area contributed by atoms with Crippen molar-refractivity contribution >= 4 is 133 Å². The molecule has 490 valence electrons. The molecule has 0 unspecified atom stereocenters. The first-order chi connectivity index (χ1) is 50.3. The van der Waals surface area contributed by atoms with Crippen molar-refractivity contribution < 1.29 is 0 Å². The molecular weight excluding hydrogens is 1320 g/mol. The molecular formula is C87H59N13S3. The van der Waals surface area contributed by atoms with Crippen LogP contribution in [-0.2, 0) is 10.8 Å². The summed E-state index contributed by atoms with van der Waals surface area (Å²) in [4.78, 5) is 39.3. The van der Waals surface area contributed by atoms with E-state index < -0.39 is 0 Å². The van der Waals surface area contributed by atoms with Gasteiger partial charge in [0.15, 0.2) is 17.6 Å². The third kappa shape index (κ3) is 10.5. The second-order valence-electron chi connectivity index (χ2n) is 26.1. The molecule has 0 saturated carbocycles. The van der Waals surface area contributed by atoms with Crippen LogP contribution >= 0.6 is 34.0 Å². The highest BCUT2D eigenvalue weighted by atomic mass is 32.1. The minimum absolute atomic E-state index is 0.0513. The van der Waals surface area contributed by atoms with Gasteiger partial charge in [0.05, 0.1) is 80.4 Å². The van der Waals surface area contributed by atoms with Gasteiger partial charge >= 0.3 is 0 Å². The summed E-state index contributed by atoms with van der Waals surface area (Å²) in [5.41, 5.74) is 22.0. The Bertz CT molecular complexity index is 6150. The fourth-order valence-electron chi connectivity index (χ4n) is 14.9. The van der Waals surface area contributed by atoms with Crippen LogP contribution in [0.2, 0.25) is 0 Å². The van der Waals surface area contributed by atoms with Gasteiger partial charge in [-0.1, -0.05) is 205 Å².